The van der Waals surface area contributed by atoms with Gasteiger partial charge in [-0.25, -0.2) is 9.97 Å². The van der Waals surface area contributed by atoms with Gasteiger partial charge in [-0.3, -0.25) is 0 Å². The fourth-order valence-electron chi connectivity index (χ4n) is 2.26. The number of aromatic nitrogens is 2. The molecule has 0 spiro atoms. The lowest BCUT2D eigenvalue weighted by Crippen LogP contribution is -2.08. The lowest BCUT2D eigenvalue weighted by molar-refractivity contribution is 0.288. The van der Waals surface area contributed by atoms with Crippen LogP contribution in [0.25, 0.3) is 11.4 Å². The molecule has 2 heterocycles. The minimum atomic E-state index is 0.355. The molecule has 0 saturated heterocycles. The van der Waals surface area contributed by atoms with Crippen LogP contribution in [-0.2, 0) is 6.42 Å². The number of nitriles is 1. The molecule has 0 amide bonds. The molecule has 100 valence electrons. The Kier molecular flexibility index (Phi) is 3.21. The molecule has 0 unspecified atom stereocenters. The van der Waals surface area contributed by atoms with E-state index in [1.54, 1.807) is 13.1 Å². The van der Waals surface area contributed by atoms with Crippen LogP contribution in [0.3, 0.4) is 0 Å². The van der Waals surface area contributed by atoms with Gasteiger partial charge in [-0.15, -0.1) is 0 Å². The molecule has 1 aliphatic heterocycles. The van der Waals surface area contributed by atoms with Crippen molar-refractivity contribution in [2.45, 2.75) is 12.8 Å². The number of anilines is 1. The smallest absolute Gasteiger partial charge is 0.162 e. The zero-order valence-corrected chi connectivity index (χ0v) is 11.2. The number of nitrogens with one attached hydrogen (secondary N) is 1. The summed E-state index contributed by atoms with van der Waals surface area (Å²) < 4.78 is 5.60. The molecule has 1 aliphatic rings. The molecule has 1 aromatic carbocycles. The van der Waals surface area contributed by atoms with Gasteiger partial charge >= 0.3 is 0 Å². The zero-order valence-electron chi connectivity index (χ0n) is 11.2. The second-order valence-corrected chi connectivity index (χ2v) is 4.60. The normalized spacial score (nSPS) is 13.0. The van der Waals surface area contributed by atoms with Crippen molar-refractivity contribution in [1.29, 1.82) is 5.26 Å². The molecule has 3 rings (SSSR count). The maximum Gasteiger partial charge on any atom is 0.162 e. The van der Waals surface area contributed by atoms with Gasteiger partial charge < -0.3 is 10.1 Å². The number of ether oxygens (including phenoxy) is 1. The number of fused-ring (bicyclic) bond motifs is 1. The van der Waals surface area contributed by atoms with E-state index in [2.05, 4.69) is 21.4 Å². The van der Waals surface area contributed by atoms with E-state index >= 15 is 0 Å². The molecular formula is C15H14N4O. The van der Waals surface area contributed by atoms with Gasteiger partial charge in [0.05, 0.1) is 6.61 Å². The van der Waals surface area contributed by atoms with Crippen molar-refractivity contribution in [3.63, 3.8) is 0 Å². The highest BCUT2D eigenvalue weighted by molar-refractivity contribution is 5.61. The topological polar surface area (TPSA) is 70.8 Å². The first-order valence-electron chi connectivity index (χ1n) is 6.53. The zero-order chi connectivity index (χ0) is 13.9. The number of aryl methyl sites for hydroxylation is 1. The molecule has 20 heavy (non-hydrogen) atoms. The Labute approximate surface area is 117 Å². The first-order chi connectivity index (χ1) is 9.80. The third-order valence-corrected chi connectivity index (χ3v) is 3.26. The summed E-state index contributed by atoms with van der Waals surface area (Å²) in [5.74, 6) is 2.13. The van der Waals surface area contributed by atoms with Crippen LogP contribution in [0.4, 0.5) is 5.82 Å². The molecular weight excluding hydrogens is 252 g/mol. The Bertz CT molecular complexity index is 691. The number of hydrogen-bond acceptors (Lipinski definition) is 5. The molecule has 5 heteroatoms. The largest absolute Gasteiger partial charge is 0.493 e. The summed E-state index contributed by atoms with van der Waals surface area (Å²) >= 11 is 0. The van der Waals surface area contributed by atoms with Crippen LogP contribution < -0.4 is 10.1 Å². The molecule has 0 fully saturated rings. The third kappa shape index (κ3) is 2.28. The minimum Gasteiger partial charge on any atom is -0.493 e. The fourth-order valence-corrected chi connectivity index (χ4v) is 2.26. The van der Waals surface area contributed by atoms with Crippen LogP contribution in [0.15, 0.2) is 24.3 Å². The first-order valence-corrected chi connectivity index (χ1v) is 6.53. The number of benzene rings is 1. The second-order valence-electron chi connectivity index (χ2n) is 4.60. The predicted molar refractivity (Wildman–Crippen MR) is 75.5 cm³/mol. The highest BCUT2D eigenvalue weighted by Crippen LogP contribution is 2.29. The van der Waals surface area contributed by atoms with Crippen molar-refractivity contribution in [1.82, 2.24) is 9.97 Å². The van der Waals surface area contributed by atoms with Crippen LogP contribution in [0.5, 0.6) is 5.75 Å². The van der Waals surface area contributed by atoms with Crippen LogP contribution in [0, 0.1) is 11.3 Å². The van der Waals surface area contributed by atoms with Gasteiger partial charge in [0.15, 0.2) is 5.82 Å². The lowest BCUT2D eigenvalue weighted by atomic mass is 10.0. The van der Waals surface area contributed by atoms with Gasteiger partial charge in [-0.1, -0.05) is 0 Å². The Morgan fingerprint density at radius 1 is 1.30 bits per heavy atom. The number of hydrogen-bond donors (Lipinski definition) is 1. The molecule has 2 aromatic rings. The molecule has 1 aromatic heterocycles. The maximum absolute atomic E-state index is 9.03. The van der Waals surface area contributed by atoms with Gasteiger partial charge in [0, 0.05) is 18.7 Å². The standard InChI is InChI=1S/C15H14N4O/c1-17-14-8-12(9-16)18-15(19-14)11-4-5-13-10(7-11)3-2-6-20-13/h4-5,7-8H,2-3,6H2,1H3,(H,17,18,19). The van der Waals surface area contributed by atoms with Crippen molar-refractivity contribution >= 4 is 5.82 Å². The SMILES string of the molecule is CNc1cc(C#N)nc(-c2ccc3c(c2)CCCO3)n1. The quantitative estimate of drug-likeness (QED) is 0.903. The fraction of sp³-hybridized carbons (Fsp3) is 0.267. The summed E-state index contributed by atoms with van der Waals surface area (Å²) in [5, 5.41) is 12.0. The van der Waals surface area contributed by atoms with Crippen LogP contribution in [0.2, 0.25) is 0 Å². The summed E-state index contributed by atoms with van der Waals surface area (Å²) in [7, 11) is 1.77. The summed E-state index contributed by atoms with van der Waals surface area (Å²) in [6.07, 6.45) is 2.03. The third-order valence-electron chi connectivity index (χ3n) is 3.26. The Morgan fingerprint density at radius 2 is 2.20 bits per heavy atom. The van der Waals surface area contributed by atoms with E-state index in [0.717, 1.165) is 30.8 Å². The van der Waals surface area contributed by atoms with E-state index < -0.39 is 0 Å². The molecule has 0 bridgehead atoms. The highest BCUT2D eigenvalue weighted by Gasteiger charge is 2.13. The van der Waals surface area contributed by atoms with Crippen molar-refractivity contribution in [3.05, 3.63) is 35.5 Å². The highest BCUT2D eigenvalue weighted by atomic mass is 16.5. The van der Waals surface area contributed by atoms with E-state index in [1.165, 1.54) is 5.56 Å². The summed E-state index contributed by atoms with van der Waals surface area (Å²) in [6, 6.07) is 9.61. The Balaban J connectivity index is 2.06. The van der Waals surface area contributed by atoms with E-state index in [1.807, 2.05) is 18.2 Å². The summed E-state index contributed by atoms with van der Waals surface area (Å²) in [4.78, 5) is 8.67. The molecule has 0 radical (unpaired) electrons. The van der Waals surface area contributed by atoms with Crippen molar-refractivity contribution in [2.75, 3.05) is 19.0 Å². The van der Waals surface area contributed by atoms with Crippen LogP contribution in [-0.4, -0.2) is 23.6 Å². The van der Waals surface area contributed by atoms with E-state index in [9.17, 15) is 0 Å². The Morgan fingerprint density at radius 3 is 3.00 bits per heavy atom. The van der Waals surface area contributed by atoms with Gasteiger partial charge in [0.1, 0.15) is 23.3 Å². The molecule has 5 nitrogen and oxygen atoms in total. The Hall–Kier alpha value is -2.61. The summed E-state index contributed by atoms with van der Waals surface area (Å²) in [6.45, 7) is 0.774. The monoisotopic (exact) mass is 266 g/mol. The van der Waals surface area contributed by atoms with Gasteiger partial charge in [0.2, 0.25) is 0 Å². The van der Waals surface area contributed by atoms with Crippen LogP contribution in [0.1, 0.15) is 17.7 Å². The predicted octanol–water partition coefficient (Wildman–Crippen LogP) is 2.38. The summed E-state index contributed by atoms with van der Waals surface area (Å²) in [5.41, 5.74) is 2.43. The molecule has 1 N–H and O–H groups in total. The van der Waals surface area contributed by atoms with Crippen molar-refractivity contribution < 1.29 is 4.74 Å². The van der Waals surface area contributed by atoms with E-state index in [0.29, 0.717) is 17.3 Å². The maximum atomic E-state index is 9.03. The van der Waals surface area contributed by atoms with Gasteiger partial charge in [0.25, 0.3) is 0 Å². The first kappa shape index (κ1) is 12.4. The number of rotatable bonds is 2. The molecule has 0 aliphatic carbocycles. The van der Waals surface area contributed by atoms with Gasteiger partial charge in [-0.05, 0) is 36.6 Å². The molecule has 0 atom stereocenters. The van der Waals surface area contributed by atoms with Gasteiger partial charge in [-0.2, -0.15) is 5.26 Å². The minimum absolute atomic E-state index is 0.355. The molecule has 0 saturated carbocycles. The van der Waals surface area contributed by atoms with E-state index in [4.69, 9.17) is 10.00 Å². The number of nitrogens with zero attached hydrogens (tertiary/aromatic N) is 3. The van der Waals surface area contributed by atoms with Crippen molar-refractivity contribution in [3.8, 4) is 23.2 Å². The van der Waals surface area contributed by atoms with Crippen LogP contribution >= 0.6 is 0 Å². The second kappa shape index (κ2) is 5.17. The van der Waals surface area contributed by atoms with Crippen molar-refractivity contribution in [2.24, 2.45) is 0 Å². The average molecular weight is 266 g/mol. The average Bonchev–Trinajstić information content (AvgIpc) is 2.53. The van der Waals surface area contributed by atoms with E-state index in [-0.39, 0.29) is 0 Å². The lowest BCUT2D eigenvalue weighted by Gasteiger charge is -2.17.